The van der Waals surface area contributed by atoms with E-state index < -0.39 is 0 Å². The van der Waals surface area contributed by atoms with E-state index in [-0.39, 0.29) is 5.71 Å². The van der Waals surface area contributed by atoms with Crippen LogP contribution in [0, 0.1) is 12.3 Å². The number of nitrogens with two attached hydrogens (primary N) is 1. The van der Waals surface area contributed by atoms with Crippen molar-refractivity contribution in [3.05, 3.63) is 47.5 Å². The zero-order valence-corrected chi connectivity index (χ0v) is 8.32. The third kappa shape index (κ3) is 1.74. The van der Waals surface area contributed by atoms with Gasteiger partial charge >= 0.3 is 0 Å². The maximum atomic E-state index is 7.88. The third-order valence-electron chi connectivity index (χ3n) is 2.10. The summed E-state index contributed by atoms with van der Waals surface area (Å²) in [6, 6.07) is 7.06. The first-order valence-corrected chi connectivity index (χ1v) is 4.54. The zero-order valence-electron chi connectivity index (χ0n) is 8.32. The van der Waals surface area contributed by atoms with Crippen LogP contribution in [0.3, 0.4) is 0 Å². The van der Waals surface area contributed by atoms with Crippen molar-refractivity contribution in [2.75, 3.05) is 5.73 Å². The molecule has 0 aliphatic heterocycles. The number of aromatic nitrogens is 1. The summed E-state index contributed by atoms with van der Waals surface area (Å²) in [7, 11) is 0. The normalized spacial score (nSPS) is 10.2. The fourth-order valence-electron chi connectivity index (χ4n) is 1.34. The van der Waals surface area contributed by atoms with Gasteiger partial charge in [0.15, 0.2) is 5.76 Å². The Morgan fingerprint density at radius 2 is 2.20 bits per heavy atom. The van der Waals surface area contributed by atoms with E-state index in [9.17, 15) is 0 Å². The second-order valence-corrected chi connectivity index (χ2v) is 3.24. The molecule has 0 bridgehead atoms. The number of nitrogen functional groups attached to an aromatic ring is 1. The molecule has 0 spiro atoms. The van der Waals surface area contributed by atoms with Crippen LogP contribution in [0.2, 0.25) is 0 Å². The van der Waals surface area contributed by atoms with Crippen LogP contribution in [0.4, 0.5) is 5.82 Å². The van der Waals surface area contributed by atoms with Crippen molar-refractivity contribution in [1.29, 1.82) is 5.41 Å². The Bertz CT molecular complexity index is 489. The number of pyridine rings is 1. The molecule has 0 radical (unpaired) electrons. The molecule has 0 atom stereocenters. The van der Waals surface area contributed by atoms with Gasteiger partial charge in [0.2, 0.25) is 0 Å². The van der Waals surface area contributed by atoms with Crippen molar-refractivity contribution in [2.45, 2.75) is 6.92 Å². The summed E-state index contributed by atoms with van der Waals surface area (Å²) >= 11 is 0. The van der Waals surface area contributed by atoms with E-state index in [2.05, 4.69) is 4.98 Å². The minimum absolute atomic E-state index is 0.255. The lowest BCUT2D eigenvalue weighted by Gasteiger charge is -2.04. The van der Waals surface area contributed by atoms with E-state index in [4.69, 9.17) is 15.6 Å². The third-order valence-corrected chi connectivity index (χ3v) is 2.10. The average Bonchev–Trinajstić information content (AvgIpc) is 2.69. The number of anilines is 1. The monoisotopic (exact) mass is 201 g/mol. The highest BCUT2D eigenvalue weighted by Crippen LogP contribution is 2.15. The van der Waals surface area contributed by atoms with E-state index in [1.807, 2.05) is 13.0 Å². The van der Waals surface area contributed by atoms with Gasteiger partial charge in [0.25, 0.3) is 0 Å². The molecule has 0 aromatic carbocycles. The van der Waals surface area contributed by atoms with E-state index in [1.165, 1.54) is 6.26 Å². The van der Waals surface area contributed by atoms with Crippen LogP contribution in [0.25, 0.3) is 0 Å². The van der Waals surface area contributed by atoms with Crippen LogP contribution in [-0.4, -0.2) is 10.7 Å². The van der Waals surface area contributed by atoms with Crippen molar-refractivity contribution >= 4 is 11.5 Å². The Balaban J connectivity index is 2.42. The molecule has 2 aromatic rings. The van der Waals surface area contributed by atoms with Crippen molar-refractivity contribution in [2.24, 2.45) is 0 Å². The lowest BCUT2D eigenvalue weighted by Crippen LogP contribution is -2.06. The van der Waals surface area contributed by atoms with E-state index in [1.54, 1.807) is 18.2 Å². The van der Waals surface area contributed by atoms with E-state index in [0.717, 1.165) is 5.69 Å². The molecule has 2 heterocycles. The molecule has 0 fully saturated rings. The van der Waals surface area contributed by atoms with Crippen molar-refractivity contribution in [1.82, 2.24) is 4.98 Å². The summed E-state index contributed by atoms with van der Waals surface area (Å²) in [6.07, 6.45) is 1.53. The number of aryl methyl sites for hydroxylation is 1. The minimum Gasteiger partial charge on any atom is -0.463 e. The number of nitrogens with zero attached hydrogens (tertiary/aromatic N) is 1. The molecule has 76 valence electrons. The van der Waals surface area contributed by atoms with Crippen LogP contribution >= 0.6 is 0 Å². The molecule has 2 aromatic heterocycles. The van der Waals surface area contributed by atoms with Crippen LogP contribution < -0.4 is 5.73 Å². The fraction of sp³-hybridized carbons (Fsp3) is 0.0909. The summed E-state index contributed by atoms with van der Waals surface area (Å²) in [5.41, 5.74) is 7.42. The van der Waals surface area contributed by atoms with Crippen LogP contribution in [-0.2, 0) is 0 Å². The molecular formula is C11H11N3O. The van der Waals surface area contributed by atoms with Crippen molar-refractivity contribution < 1.29 is 4.42 Å². The topological polar surface area (TPSA) is 75.9 Å². The van der Waals surface area contributed by atoms with Gasteiger partial charge in [0, 0.05) is 11.3 Å². The Morgan fingerprint density at radius 1 is 1.40 bits per heavy atom. The molecule has 0 aliphatic rings. The van der Waals surface area contributed by atoms with Crippen LogP contribution in [0.15, 0.2) is 34.9 Å². The van der Waals surface area contributed by atoms with Gasteiger partial charge < -0.3 is 10.2 Å². The average molecular weight is 201 g/mol. The molecule has 0 saturated heterocycles. The summed E-state index contributed by atoms with van der Waals surface area (Å²) in [5, 5.41) is 7.88. The second kappa shape index (κ2) is 3.57. The largest absolute Gasteiger partial charge is 0.463 e. The zero-order chi connectivity index (χ0) is 10.8. The van der Waals surface area contributed by atoms with Gasteiger partial charge in [-0.15, -0.1) is 0 Å². The fourth-order valence-corrected chi connectivity index (χ4v) is 1.34. The number of hydrogen-bond donors (Lipinski definition) is 2. The van der Waals surface area contributed by atoms with Gasteiger partial charge in [-0.3, -0.25) is 5.41 Å². The van der Waals surface area contributed by atoms with Gasteiger partial charge in [-0.25, -0.2) is 4.98 Å². The standard InChI is InChI=1S/C11H11N3O/c1-7-4-5-8(11(13)14-7)10(12)9-3-2-6-15-9/h2-6,12H,1H3,(H2,13,14). The SMILES string of the molecule is Cc1ccc(C(=N)c2ccco2)c(N)n1. The first-order chi connectivity index (χ1) is 7.18. The van der Waals surface area contributed by atoms with Gasteiger partial charge in [-0.05, 0) is 31.2 Å². The van der Waals surface area contributed by atoms with Gasteiger partial charge in [-0.2, -0.15) is 0 Å². The summed E-state index contributed by atoms with van der Waals surface area (Å²) < 4.78 is 5.13. The molecule has 0 unspecified atom stereocenters. The Kier molecular flexibility index (Phi) is 2.25. The van der Waals surface area contributed by atoms with Gasteiger partial charge in [0.05, 0.1) is 6.26 Å². The van der Waals surface area contributed by atoms with Crippen molar-refractivity contribution in [3.63, 3.8) is 0 Å². The highest BCUT2D eigenvalue weighted by molar-refractivity contribution is 6.11. The summed E-state index contributed by atoms with van der Waals surface area (Å²) in [4.78, 5) is 4.10. The van der Waals surface area contributed by atoms with Crippen LogP contribution in [0.5, 0.6) is 0 Å². The Labute approximate surface area is 87.3 Å². The minimum atomic E-state index is 0.255. The number of furan rings is 1. The van der Waals surface area contributed by atoms with Gasteiger partial charge in [0.1, 0.15) is 11.5 Å². The molecule has 4 nitrogen and oxygen atoms in total. The highest BCUT2D eigenvalue weighted by atomic mass is 16.3. The van der Waals surface area contributed by atoms with Gasteiger partial charge in [-0.1, -0.05) is 0 Å². The quantitative estimate of drug-likeness (QED) is 0.729. The molecule has 2 rings (SSSR count). The highest BCUT2D eigenvalue weighted by Gasteiger charge is 2.11. The lowest BCUT2D eigenvalue weighted by atomic mass is 10.1. The smallest absolute Gasteiger partial charge is 0.152 e. The maximum Gasteiger partial charge on any atom is 0.152 e. The van der Waals surface area contributed by atoms with Crippen molar-refractivity contribution in [3.8, 4) is 0 Å². The second-order valence-electron chi connectivity index (χ2n) is 3.24. The molecular weight excluding hydrogens is 190 g/mol. The van der Waals surface area contributed by atoms with Crippen LogP contribution in [0.1, 0.15) is 17.0 Å². The number of rotatable bonds is 2. The first kappa shape index (κ1) is 9.45. The molecule has 0 aliphatic carbocycles. The summed E-state index contributed by atoms with van der Waals surface area (Å²) in [6.45, 7) is 1.86. The number of nitrogens with one attached hydrogen (secondary N) is 1. The van der Waals surface area contributed by atoms with E-state index in [0.29, 0.717) is 17.1 Å². The van der Waals surface area contributed by atoms with E-state index >= 15 is 0 Å². The maximum absolute atomic E-state index is 7.88. The first-order valence-electron chi connectivity index (χ1n) is 4.54. The Morgan fingerprint density at radius 3 is 2.80 bits per heavy atom. The molecule has 4 heteroatoms. The Hall–Kier alpha value is -2.10. The molecule has 0 amide bonds. The molecule has 0 saturated carbocycles. The predicted molar refractivity (Wildman–Crippen MR) is 58.0 cm³/mol. The number of hydrogen-bond acceptors (Lipinski definition) is 4. The predicted octanol–water partition coefficient (Wildman–Crippen LogP) is 1.98. The summed E-state index contributed by atoms with van der Waals surface area (Å²) in [5.74, 6) is 0.851. The molecule has 15 heavy (non-hydrogen) atoms. The lowest BCUT2D eigenvalue weighted by molar-refractivity contribution is 0.557. The molecule has 3 N–H and O–H groups in total.